The van der Waals surface area contributed by atoms with Crippen LogP contribution in [-0.2, 0) is 0 Å². The minimum Gasteiger partial charge on any atom is -0.457 e. The topological polar surface area (TPSA) is 116 Å². The summed E-state index contributed by atoms with van der Waals surface area (Å²) in [7, 11) is 1.53. The number of aromatic nitrogens is 1. The van der Waals surface area contributed by atoms with Crippen LogP contribution in [0.25, 0.3) is 0 Å². The van der Waals surface area contributed by atoms with Gasteiger partial charge in [0.2, 0.25) is 0 Å². The maximum absolute atomic E-state index is 12.1. The second kappa shape index (κ2) is 9.01. The molecule has 2 aromatic carbocycles. The van der Waals surface area contributed by atoms with Gasteiger partial charge in [-0.05, 0) is 48.5 Å². The Hall–Kier alpha value is -4.38. The number of nitrogens with one attached hydrogen (secondary N) is 3. The number of pyridine rings is 1. The first kappa shape index (κ1) is 19.4. The van der Waals surface area contributed by atoms with E-state index in [0.29, 0.717) is 28.4 Å². The molecule has 0 aliphatic heterocycles. The lowest BCUT2D eigenvalue weighted by molar-refractivity contribution is 0.0958. The SMILES string of the molecule is CNC(=O)c1cc(Oc2ccc(NC(=O)Nc3cccc(C#N)c3)cc2)ccn1. The lowest BCUT2D eigenvalue weighted by Crippen LogP contribution is -2.19. The van der Waals surface area contributed by atoms with Gasteiger partial charge in [0.05, 0.1) is 11.6 Å². The van der Waals surface area contributed by atoms with E-state index in [1.54, 1.807) is 54.6 Å². The summed E-state index contributed by atoms with van der Waals surface area (Å²) < 4.78 is 5.72. The van der Waals surface area contributed by atoms with Crippen molar-refractivity contribution in [2.24, 2.45) is 0 Å². The molecule has 0 radical (unpaired) electrons. The van der Waals surface area contributed by atoms with Crippen molar-refractivity contribution in [3.63, 3.8) is 0 Å². The van der Waals surface area contributed by atoms with E-state index in [4.69, 9.17) is 10.00 Å². The van der Waals surface area contributed by atoms with Crippen molar-refractivity contribution in [3.8, 4) is 17.6 Å². The van der Waals surface area contributed by atoms with E-state index >= 15 is 0 Å². The summed E-state index contributed by atoms with van der Waals surface area (Å²) in [6, 6.07) is 18.1. The van der Waals surface area contributed by atoms with Gasteiger partial charge in [-0.1, -0.05) is 6.07 Å². The standard InChI is InChI=1S/C21H17N5O3/c1-23-20(27)19-12-18(9-10-24-19)29-17-7-5-15(6-8-17)25-21(28)26-16-4-2-3-14(11-16)13-22/h2-12H,1H3,(H,23,27)(H2,25,26,28). The molecule has 0 fully saturated rings. The fourth-order valence-electron chi connectivity index (χ4n) is 2.43. The molecule has 3 amide bonds. The zero-order valence-electron chi connectivity index (χ0n) is 15.5. The molecule has 0 aliphatic rings. The molecule has 29 heavy (non-hydrogen) atoms. The number of urea groups is 1. The monoisotopic (exact) mass is 387 g/mol. The third kappa shape index (κ3) is 5.30. The van der Waals surface area contributed by atoms with Crippen molar-refractivity contribution in [2.45, 2.75) is 0 Å². The fraction of sp³-hybridized carbons (Fsp3) is 0.0476. The highest BCUT2D eigenvalue weighted by Gasteiger charge is 2.07. The molecule has 0 aliphatic carbocycles. The number of amides is 3. The van der Waals surface area contributed by atoms with Crippen molar-refractivity contribution in [3.05, 3.63) is 78.1 Å². The molecule has 0 spiro atoms. The fourth-order valence-corrected chi connectivity index (χ4v) is 2.43. The lowest BCUT2D eigenvalue weighted by atomic mass is 10.2. The molecule has 0 bridgehead atoms. The molecule has 0 saturated carbocycles. The number of carbonyl (C=O) groups excluding carboxylic acids is 2. The average molecular weight is 387 g/mol. The molecule has 8 heteroatoms. The summed E-state index contributed by atoms with van der Waals surface area (Å²) in [6.07, 6.45) is 1.49. The molecular formula is C21H17N5O3. The average Bonchev–Trinajstić information content (AvgIpc) is 2.75. The normalized spacial score (nSPS) is 9.79. The Morgan fingerprint density at radius 2 is 1.72 bits per heavy atom. The second-order valence-corrected chi connectivity index (χ2v) is 5.85. The molecule has 3 aromatic rings. The summed E-state index contributed by atoms with van der Waals surface area (Å²) >= 11 is 0. The highest BCUT2D eigenvalue weighted by molar-refractivity contribution is 5.99. The van der Waals surface area contributed by atoms with Gasteiger partial charge in [-0.2, -0.15) is 5.26 Å². The summed E-state index contributed by atoms with van der Waals surface area (Å²) in [4.78, 5) is 27.7. The predicted molar refractivity (Wildman–Crippen MR) is 108 cm³/mol. The van der Waals surface area contributed by atoms with Gasteiger partial charge in [-0.25, -0.2) is 4.79 Å². The van der Waals surface area contributed by atoms with Crippen LogP contribution in [0.5, 0.6) is 11.5 Å². The third-order valence-electron chi connectivity index (χ3n) is 3.79. The lowest BCUT2D eigenvalue weighted by Gasteiger charge is -2.10. The highest BCUT2D eigenvalue weighted by atomic mass is 16.5. The Balaban J connectivity index is 1.61. The quantitative estimate of drug-likeness (QED) is 0.616. The van der Waals surface area contributed by atoms with Gasteiger partial charge in [-0.15, -0.1) is 0 Å². The van der Waals surface area contributed by atoms with Gasteiger partial charge in [0.15, 0.2) is 0 Å². The van der Waals surface area contributed by atoms with E-state index in [1.165, 1.54) is 19.3 Å². The van der Waals surface area contributed by atoms with E-state index in [2.05, 4.69) is 20.9 Å². The maximum atomic E-state index is 12.1. The van der Waals surface area contributed by atoms with E-state index in [9.17, 15) is 9.59 Å². The first-order valence-corrected chi connectivity index (χ1v) is 8.61. The van der Waals surface area contributed by atoms with E-state index in [-0.39, 0.29) is 11.6 Å². The molecule has 1 aromatic heterocycles. The van der Waals surface area contributed by atoms with Gasteiger partial charge in [0.25, 0.3) is 5.91 Å². The highest BCUT2D eigenvalue weighted by Crippen LogP contribution is 2.23. The molecule has 144 valence electrons. The molecule has 0 atom stereocenters. The number of carbonyl (C=O) groups is 2. The van der Waals surface area contributed by atoms with Crippen LogP contribution in [0.4, 0.5) is 16.2 Å². The van der Waals surface area contributed by atoms with E-state index in [1.807, 2.05) is 6.07 Å². The summed E-state index contributed by atoms with van der Waals surface area (Å²) in [6.45, 7) is 0. The van der Waals surface area contributed by atoms with Crippen LogP contribution in [0.2, 0.25) is 0 Å². The molecular weight excluding hydrogens is 370 g/mol. The Morgan fingerprint density at radius 1 is 0.966 bits per heavy atom. The number of ether oxygens (including phenoxy) is 1. The minimum absolute atomic E-state index is 0.250. The van der Waals surface area contributed by atoms with Gasteiger partial charge in [0.1, 0.15) is 17.2 Å². The number of anilines is 2. The molecule has 0 saturated heterocycles. The van der Waals surface area contributed by atoms with Crippen molar-refractivity contribution in [2.75, 3.05) is 17.7 Å². The molecule has 0 unspecified atom stereocenters. The van der Waals surface area contributed by atoms with Crippen LogP contribution >= 0.6 is 0 Å². The van der Waals surface area contributed by atoms with Gasteiger partial charge in [0, 0.05) is 30.7 Å². The van der Waals surface area contributed by atoms with Crippen molar-refractivity contribution in [1.82, 2.24) is 10.3 Å². The largest absolute Gasteiger partial charge is 0.457 e. The van der Waals surface area contributed by atoms with Crippen LogP contribution < -0.4 is 20.7 Å². The van der Waals surface area contributed by atoms with Crippen LogP contribution in [0.1, 0.15) is 16.1 Å². The van der Waals surface area contributed by atoms with Gasteiger partial charge < -0.3 is 20.7 Å². The van der Waals surface area contributed by atoms with Crippen LogP contribution in [0.3, 0.4) is 0 Å². The van der Waals surface area contributed by atoms with E-state index in [0.717, 1.165) is 0 Å². The Kier molecular flexibility index (Phi) is 6.02. The predicted octanol–water partition coefficient (Wildman–Crippen LogP) is 3.75. The number of rotatable bonds is 5. The van der Waals surface area contributed by atoms with Gasteiger partial charge in [-0.3, -0.25) is 9.78 Å². The second-order valence-electron chi connectivity index (χ2n) is 5.85. The zero-order chi connectivity index (χ0) is 20.6. The number of hydrogen-bond acceptors (Lipinski definition) is 5. The number of benzene rings is 2. The van der Waals surface area contributed by atoms with Crippen molar-refractivity contribution >= 4 is 23.3 Å². The number of nitriles is 1. The first-order chi connectivity index (χ1) is 14.1. The third-order valence-corrected chi connectivity index (χ3v) is 3.79. The van der Waals surface area contributed by atoms with Gasteiger partial charge >= 0.3 is 6.03 Å². The Labute approximate surface area is 167 Å². The molecule has 8 nitrogen and oxygen atoms in total. The Bertz CT molecular complexity index is 1070. The number of nitrogens with zero attached hydrogens (tertiary/aromatic N) is 2. The smallest absolute Gasteiger partial charge is 0.323 e. The molecule has 1 heterocycles. The maximum Gasteiger partial charge on any atom is 0.323 e. The van der Waals surface area contributed by atoms with Crippen LogP contribution in [0.15, 0.2) is 66.9 Å². The van der Waals surface area contributed by atoms with Crippen LogP contribution in [0, 0.1) is 11.3 Å². The van der Waals surface area contributed by atoms with Crippen LogP contribution in [-0.4, -0.2) is 24.0 Å². The summed E-state index contributed by atoms with van der Waals surface area (Å²) in [5.74, 6) is 0.697. The molecule has 3 N–H and O–H groups in total. The number of hydrogen-bond donors (Lipinski definition) is 3. The summed E-state index contributed by atoms with van der Waals surface area (Å²) in [5, 5.41) is 16.8. The van der Waals surface area contributed by atoms with Crippen molar-refractivity contribution in [1.29, 1.82) is 5.26 Å². The van der Waals surface area contributed by atoms with E-state index < -0.39 is 6.03 Å². The molecule has 3 rings (SSSR count). The summed E-state index contributed by atoms with van der Waals surface area (Å²) in [5.41, 5.74) is 1.79. The first-order valence-electron chi connectivity index (χ1n) is 8.61. The zero-order valence-corrected chi connectivity index (χ0v) is 15.5. The van der Waals surface area contributed by atoms with Crippen molar-refractivity contribution < 1.29 is 14.3 Å². The minimum atomic E-state index is -0.432. The Morgan fingerprint density at radius 3 is 2.45 bits per heavy atom.